The molecule has 0 spiro atoms. The summed E-state index contributed by atoms with van der Waals surface area (Å²) in [4.78, 5) is 4.42. The van der Waals surface area contributed by atoms with Crippen LogP contribution in [0.25, 0.3) is 5.52 Å². The fourth-order valence-electron chi connectivity index (χ4n) is 2.29. The van der Waals surface area contributed by atoms with Crippen LogP contribution < -0.4 is 5.32 Å². The number of hydrogen-bond donors (Lipinski definition) is 1. The van der Waals surface area contributed by atoms with E-state index in [1.807, 2.05) is 10.7 Å². The third-order valence-electron chi connectivity index (χ3n) is 3.54. The van der Waals surface area contributed by atoms with Gasteiger partial charge in [0.1, 0.15) is 5.52 Å². The van der Waals surface area contributed by atoms with Crippen LogP contribution in [-0.4, -0.2) is 47.1 Å². The van der Waals surface area contributed by atoms with Crippen molar-refractivity contribution in [3.63, 3.8) is 0 Å². The van der Waals surface area contributed by atoms with Gasteiger partial charge in [0.2, 0.25) is 0 Å². The first-order valence-corrected chi connectivity index (χ1v) is 7.32. The second-order valence-electron chi connectivity index (χ2n) is 6.33. The highest BCUT2D eigenvalue weighted by Crippen LogP contribution is 2.24. The largest absolute Gasteiger partial charge is 0.376 e. The number of nitrogens with one attached hydrogen (secondary N) is 1. The van der Waals surface area contributed by atoms with Crippen LogP contribution in [0.15, 0.2) is 18.5 Å². The molecule has 6 heteroatoms. The van der Waals surface area contributed by atoms with E-state index in [0.29, 0.717) is 26.4 Å². The lowest BCUT2D eigenvalue weighted by atomic mass is 9.92. The Morgan fingerprint density at radius 3 is 2.95 bits per heavy atom. The monoisotopic (exact) mass is 290 g/mol. The van der Waals surface area contributed by atoms with Crippen LogP contribution in [0, 0.1) is 0 Å². The molecule has 0 radical (unpaired) electrons. The normalized spacial score (nSPS) is 19.9. The highest BCUT2D eigenvalue weighted by Gasteiger charge is 2.20. The molecule has 0 aromatic carbocycles. The fourth-order valence-corrected chi connectivity index (χ4v) is 2.29. The third-order valence-corrected chi connectivity index (χ3v) is 3.54. The van der Waals surface area contributed by atoms with Gasteiger partial charge in [-0.05, 0) is 6.07 Å². The summed E-state index contributed by atoms with van der Waals surface area (Å²) in [6.07, 6.45) is 3.70. The SMILES string of the molecule is CC(C)(C)c1cc2c(NCC3COCCO3)nccn2n1. The van der Waals surface area contributed by atoms with Gasteiger partial charge in [-0.25, -0.2) is 9.50 Å². The molecule has 1 N–H and O–H groups in total. The van der Waals surface area contributed by atoms with Gasteiger partial charge >= 0.3 is 0 Å². The molecule has 2 aromatic rings. The van der Waals surface area contributed by atoms with Crippen molar-refractivity contribution in [2.75, 3.05) is 31.7 Å². The van der Waals surface area contributed by atoms with Crippen molar-refractivity contribution < 1.29 is 9.47 Å². The Morgan fingerprint density at radius 1 is 1.38 bits per heavy atom. The lowest BCUT2D eigenvalue weighted by molar-refractivity contribution is -0.0819. The molecule has 3 rings (SSSR count). The molecule has 6 nitrogen and oxygen atoms in total. The van der Waals surface area contributed by atoms with Crippen molar-refractivity contribution in [3.8, 4) is 0 Å². The number of fused-ring (bicyclic) bond motifs is 1. The van der Waals surface area contributed by atoms with E-state index >= 15 is 0 Å². The van der Waals surface area contributed by atoms with Crippen LogP contribution in [0.4, 0.5) is 5.82 Å². The van der Waals surface area contributed by atoms with Crippen molar-refractivity contribution in [1.29, 1.82) is 0 Å². The smallest absolute Gasteiger partial charge is 0.152 e. The maximum Gasteiger partial charge on any atom is 0.152 e. The Balaban J connectivity index is 1.79. The van der Waals surface area contributed by atoms with Gasteiger partial charge in [-0.3, -0.25) is 0 Å². The second-order valence-corrected chi connectivity index (χ2v) is 6.33. The summed E-state index contributed by atoms with van der Waals surface area (Å²) in [6.45, 7) is 9.12. The van der Waals surface area contributed by atoms with Crippen molar-refractivity contribution in [3.05, 3.63) is 24.2 Å². The van der Waals surface area contributed by atoms with Gasteiger partial charge in [-0.1, -0.05) is 20.8 Å². The number of aromatic nitrogens is 3. The topological polar surface area (TPSA) is 60.7 Å². The van der Waals surface area contributed by atoms with Crippen molar-refractivity contribution >= 4 is 11.3 Å². The minimum atomic E-state index is 0.0175. The first-order valence-electron chi connectivity index (χ1n) is 7.32. The van der Waals surface area contributed by atoms with E-state index in [1.165, 1.54) is 0 Å². The van der Waals surface area contributed by atoms with E-state index in [2.05, 4.69) is 42.2 Å². The van der Waals surface area contributed by atoms with Crippen LogP contribution >= 0.6 is 0 Å². The minimum absolute atomic E-state index is 0.0175. The molecule has 0 bridgehead atoms. The first kappa shape index (κ1) is 14.3. The van der Waals surface area contributed by atoms with Gasteiger partial charge < -0.3 is 14.8 Å². The quantitative estimate of drug-likeness (QED) is 0.935. The molecule has 1 atom stereocenters. The van der Waals surface area contributed by atoms with Crippen LogP contribution in [-0.2, 0) is 14.9 Å². The molecule has 0 aliphatic carbocycles. The summed E-state index contributed by atoms with van der Waals surface area (Å²) >= 11 is 0. The summed E-state index contributed by atoms with van der Waals surface area (Å²) in [5, 5.41) is 7.97. The maximum atomic E-state index is 5.63. The number of nitrogens with zero attached hydrogens (tertiary/aromatic N) is 3. The van der Waals surface area contributed by atoms with Gasteiger partial charge in [-0.15, -0.1) is 0 Å². The lowest BCUT2D eigenvalue weighted by Crippen LogP contribution is -2.34. The molecule has 1 aliphatic rings. The van der Waals surface area contributed by atoms with E-state index in [4.69, 9.17) is 9.47 Å². The zero-order valence-corrected chi connectivity index (χ0v) is 12.8. The molecule has 1 unspecified atom stereocenters. The van der Waals surface area contributed by atoms with Gasteiger partial charge in [0.25, 0.3) is 0 Å². The number of anilines is 1. The van der Waals surface area contributed by atoms with E-state index < -0.39 is 0 Å². The molecule has 2 aromatic heterocycles. The zero-order valence-electron chi connectivity index (χ0n) is 12.8. The van der Waals surface area contributed by atoms with Gasteiger partial charge in [-0.2, -0.15) is 5.10 Å². The minimum Gasteiger partial charge on any atom is -0.376 e. The molecule has 1 aliphatic heterocycles. The molecule has 3 heterocycles. The van der Waals surface area contributed by atoms with E-state index in [0.717, 1.165) is 17.0 Å². The van der Waals surface area contributed by atoms with Crippen LogP contribution in [0.5, 0.6) is 0 Å². The molecule has 0 amide bonds. The average Bonchev–Trinajstić information content (AvgIpc) is 2.91. The molecule has 1 fully saturated rings. The van der Waals surface area contributed by atoms with Crippen molar-refractivity contribution in [2.24, 2.45) is 0 Å². The summed E-state index contributed by atoms with van der Waals surface area (Å²) in [7, 11) is 0. The van der Waals surface area contributed by atoms with Crippen LogP contribution in [0.3, 0.4) is 0 Å². The Morgan fingerprint density at radius 2 is 2.24 bits per heavy atom. The standard InChI is InChI=1S/C15H22N4O2/c1-15(2,3)13-8-12-14(16-4-5-19(12)18-13)17-9-11-10-20-6-7-21-11/h4-5,8,11H,6-7,9-10H2,1-3H3,(H,16,17). The molecular formula is C15H22N4O2. The zero-order chi connectivity index (χ0) is 14.9. The van der Waals surface area contributed by atoms with Gasteiger partial charge in [0.05, 0.1) is 31.6 Å². The van der Waals surface area contributed by atoms with Crippen LogP contribution in [0.1, 0.15) is 26.5 Å². The molecular weight excluding hydrogens is 268 g/mol. The summed E-state index contributed by atoms with van der Waals surface area (Å²) < 4.78 is 12.9. The summed E-state index contributed by atoms with van der Waals surface area (Å²) in [5.41, 5.74) is 2.05. The first-order chi connectivity index (χ1) is 10.0. The number of rotatable bonds is 3. The Bertz CT molecular complexity index is 612. The molecule has 114 valence electrons. The Labute approximate surface area is 124 Å². The summed E-state index contributed by atoms with van der Waals surface area (Å²) in [6, 6.07) is 2.09. The second kappa shape index (κ2) is 5.61. The third kappa shape index (κ3) is 3.16. The number of ether oxygens (including phenoxy) is 2. The predicted molar refractivity (Wildman–Crippen MR) is 80.7 cm³/mol. The predicted octanol–water partition coefficient (Wildman–Crippen LogP) is 1.85. The van der Waals surface area contributed by atoms with E-state index in [1.54, 1.807) is 6.20 Å². The lowest BCUT2D eigenvalue weighted by Gasteiger charge is -2.23. The van der Waals surface area contributed by atoms with Crippen molar-refractivity contribution in [2.45, 2.75) is 32.3 Å². The van der Waals surface area contributed by atoms with Gasteiger partial charge in [0, 0.05) is 24.4 Å². The Kier molecular flexibility index (Phi) is 3.82. The van der Waals surface area contributed by atoms with E-state index in [-0.39, 0.29) is 11.5 Å². The highest BCUT2D eigenvalue weighted by atomic mass is 16.6. The van der Waals surface area contributed by atoms with E-state index in [9.17, 15) is 0 Å². The number of hydrogen-bond acceptors (Lipinski definition) is 5. The highest BCUT2D eigenvalue weighted by molar-refractivity contribution is 5.68. The average molecular weight is 290 g/mol. The molecule has 21 heavy (non-hydrogen) atoms. The Hall–Kier alpha value is -1.66. The maximum absolute atomic E-state index is 5.63. The van der Waals surface area contributed by atoms with Crippen LogP contribution in [0.2, 0.25) is 0 Å². The molecule has 1 saturated heterocycles. The fraction of sp³-hybridized carbons (Fsp3) is 0.600. The molecule has 0 saturated carbocycles. The summed E-state index contributed by atoms with van der Waals surface area (Å²) in [5.74, 6) is 0.828. The van der Waals surface area contributed by atoms with Gasteiger partial charge in [0.15, 0.2) is 5.82 Å². The van der Waals surface area contributed by atoms with Crippen molar-refractivity contribution in [1.82, 2.24) is 14.6 Å².